The maximum absolute atomic E-state index is 12.6. The van der Waals surface area contributed by atoms with Gasteiger partial charge in [-0.25, -0.2) is 4.68 Å². The molecule has 12 nitrogen and oxygen atoms in total. The van der Waals surface area contributed by atoms with E-state index in [2.05, 4.69) is 125 Å². The molecule has 1 atom stereocenters. The molecule has 1 unspecified atom stereocenters. The molecule has 4 aromatic carbocycles. The molecule has 356 valence electrons. The first-order chi connectivity index (χ1) is 32.6. The van der Waals surface area contributed by atoms with Crippen molar-refractivity contribution in [1.29, 1.82) is 0 Å². The molecule has 4 heterocycles. The molecule has 0 spiro atoms. The number of methoxy groups -OCH3 is 2. The number of aromatic nitrogens is 6. The highest BCUT2D eigenvalue weighted by Crippen LogP contribution is 2.43. The summed E-state index contributed by atoms with van der Waals surface area (Å²) >= 11 is 0. The number of ether oxygens (including phenoxy) is 2. The second kappa shape index (κ2) is 27.0. The minimum absolute atomic E-state index is 0. The predicted molar refractivity (Wildman–Crippen MR) is 277 cm³/mol. The van der Waals surface area contributed by atoms with Crippen molar-refractivity contribution >= 4 is 35.0 Å². The zero-order chi connectivity index (χ0) is 45.9. The number of hydrogen-bond acceptors (Lipinski definition) is 10. The number of unbranched alkanes of at least 4 members (excludes halogenated alkanes) is 10. The Balaban J connectivity index is 0.000000218. The van der Waals surface area contributed by atoms with Crippen LogP contribution in [0.15, 0.2) is 97.1 Å². The maximum Gasteiger partial charge on any atom is 0.252 e. The fourth-order valence-corrected chi connectivity index (χ4v) is 9.63. The SMILES string of the molecule is C.COCCCCCCCCN1Cc2ccccc2-c2c(nnn2C(=O)CP)-c2ccccc21.COCCCCCCCCN1Cc2ccccc2-c2nnn(CCP=O)c2-c2ccccc21. The van der Waals surface area contributed by atoms with Crippen molar-refractivity contribution < 1.29 is 18.8 Å². The summed E-state index contributed by atoms with van der Waals surface area (Å²) < 4.78 is 24.8. The first-order valence-electron chi connectivity index (χ1n) is 23.8. The Morgan fingerprint density at radius 3 is 1.61 bits per heavy atom. The van der Waals surface area contributed by atoms with Crippen molar-refractivity contribution in [3.05, 3.63) is 108 Å². The topological polar surface area (TPSA) is 120 Å². The van der Waals surface area contributed by atoms with Gasteiger partial charge in [0, 0.05) is 99.6 Å². The van der Waals surface area contributed by atoms with E-state index in [1.165, 1.54) is 79.3 Å². The molecule has 0 saturated heterocycles. The summed E-state index contributed by atoms with van der Waals surface area (Å²) in [6.45, 7) is 5.95. The van der Waals surface area contributed by atoms with Crippen LogP contribution in [0.5, 0.6) is 0 Å². The minimum atomic E-state index is -0.0797. The third-order valence-electron chi connectivity index (χ3n) is 12.5. The average Bonchev–Trinajstić information content (AvgIpc) is 3.98. The van der Waals surface area contributed by atoms with E-state index in [0.717, 1.165) is 109 Å². The summed E-state index contributed by atoms with van der Waals surface area (Å²) in [5, 5.41) is 17.8. The van der Waals surface area contributed by atoms with E-state index < -0.39 is 0 Å². The molecule has 8 rings (SSSR count). The summed E-state index contributed by atoms with van der Waals surface area (Å²) in [5.41, 5.74) is 12.7. The van der Waals surface area contributed by atoms with Crippen LogP contribution in [0.3, 0.4) is 0 Å². The van der Waals surface area contributed by atoms with Gasteiger partial charge in [0.2, 0.25) is 0 Å². The zero-order valence-corrected chi connectivity index (χ0v) is 40.9. The highest BCUT2D eigenvalue weighted by molar-refractivity contribution is 7.23. The van der Waals surface area contributed by atoms with Crippen molar-refractivity contribution in [2.24, 2.45) is 0 Å². The summed E-state index contributed by atoms with van der Waals surface area (Å²) in [4.78, 5) is 17.6. The molecule has 67 heavy (non-hydrogen) atoms. The third-order valence-corrected chi connectivity index (χ3v) is 13.3. The molecule has 2 aliphatic heterocycles. The average molecular weight is 945 g/mol. The molecule has 2 aromatic heterocycles. The lowest BCUT2D eigenvalue weighted by molar-refractivity contribution is 0.0926. The van der Waals surface area contributed by atoms with Gasteiger partial charge in [-0.05, 0) is 48.9 Å². The number of hydrogen-bond donors (Lipinski definition) is 0. The van der Waals surface area contributed by atoms with E-state index in [4.69, 9.17) is 9.47 Å². The number of aryl methyl sites for hydroxylation is 1. The van der Waals surface area contributed by atoms with Crippen LogP contribution >= 0.6 is 17.7 Å². The van der Waals surface area contributed by atoms with Crippen LogP contribution in [-0.4, -0.2) is 88.7 Å². The van der Waals surface area contributed by atoms with E-state index in [9.17, 15) is 9.36 Å². The molecular weight excluding hydrogens is 875 g/mol. The van der Waals surface area contributed by atoms with E-state index in [1.54, 1.807) is 14.2 Å². The van der Waals surface area contributed by atoms with Gasteiger partial charge < -0.3 is 19.3 Å². The zero-order valence-electron chi connectivity index (χ0n) is 38.8. The number of carbonyl (C=O) groups is 1. The Labute approximate surface area is 402 Å². The Hall–Kier alpha value is -5.12. The van der Waals surface area contributed by atoms with Gasteiger partial charge in [-0.3, -0.25) is 9.36 Å². The first kappa shape index (κ1) is 51.3. The maximum atomic E-state index is 12.6. The van der Waals surface area contributed by atoms with Crippen LogP contribution in [-0.2, 0) is 33.7 Å². The molecule has 14 heteroatoms. The Bertz CT molecular complexity index is 2470. The third kappa shape index (κ3) is 13.1. The van der Waals surface area contributed by atoms with Crippen LogP contribution in [0.4, 0.5) is 11.4 Å². The lowest BCUT2D eigenvalue weighted by Gasteiger charge is -2.30. The number of para-hydroxylation sites is 2. The van der Waals surface area contributed by atoms with Gasteiger partial charge in [-0.15, -0.1) is 19.4 Å². The number of carbonyl (C=O) groups excluding carboxylic acids is 1. The largest absolute Gasteiger partial charge is 0.385 e. The summed E-state index contributed by atoms with van der Waals surface area (Å²) in [6, 6.07) is 33.8. The van der Waals surface area contributed by atoms with Gasteiger partial charge in [0.15, 0.2) is 8.46 Å². The number of benzene rings is 4. The molecule has 0 radical (unpaired) electrons. The van der Waals surface area contributed by atoms with Gasteiger partial charge in [0.25, 0.3) is 5.91 Å². The minimum Gasteiger partial charge on any atom is -0.385 e. The highest BCUT2D eigenvalue weighted by atomic mass is 31.1. The van der Waals surface area contributed by atoms with E-state index in [-0.39, 0.29) is 21.8 Å². The highest BCUT2D eigenvalue weighted by Gasteiger charge is 2.29. The van der Waals surface area contributed by atoms with Gasteiger partial charge in [0.05, 0.1) is 12.2 Å². The quantitative estimate of drug-likeness (QED) is 0.0480. The number of anilines is 2. The molecule has 0 saturated carbocycles. The van der Waals surface area contributed by atoms with Crippen LogP contribution < -0.4 is 9.80 Å². The van der Waals surface area contributed by atoms with Crippen molar-refractivity contribution in [2.75, 3.05) is 62.6 Å². The second-order valence-electron chi connectivity index (χ2n) is 17.1. The van der Waals surface area contributed by atoms with Crippen LogP contribution in [0.1, 0.15) is 100 Å². The van der Waals surface area contributed by atoms with Gasteiger partial charge in [0.1, 0.15) is 17.1 Å². The smallest absolute Gasteiger partial charge is 0.252 e. The fourth-order valence-electron chi connectivity index (χ4n) is 9.19. The lowest BCUT2D eigenvalue weighted by Crippen LogP contribution is -2.26. The fraction of sp³-hybridized carbons (Fsp3) is 0.453. The van der Waals surface area contributed by atoms with Gasteiger partial charge in [-0.2, -0.15) is 4.68 Å². The summed E-state index contributed by atoms with van der Waals surface area (Å²) in [6.07, 6.45) is 15.4. The van der Waals surface area contributed by atoms with Gasteiger partial charge >= 0.3 is 0 Å². The standard InChI is InChI=1S/2C26H33N4O2P.CH4/c1-32-18-11-5-3-2-4-10-16-29-20-21-12-6-7-13-22(21)25-26(23-14-8-9-15-24(23)29)30(28-27-25)17-19-33-31;1-32-17-11-5-3-2-4-10-16-29-18-20-12-6-7-13-21(20)26-25(22-14-8-9-15-23(22)29)27-28-30(26)24(31)19-33;/h6-9,12-15H,2-5,10-11,16-20H2,1H3;6-9,12-15H,2-5,10-11,16-19,33H2,1H3;1H4. The Morgan fingerprint density at radius 1 is 0.567 bits per heavy atom. The van der Waals surface area contributed by atoms with Crippen LogP contribution in [0.25, 0.3) is 45.0 Å². The molecular formula is C53H70N8O4P2. The summed E-state index contributed by atoms with van der Waals surface area (Å²) in [7, 11) is 6.16. The molecule has 2 aliphatic rings. The summed E-state index contributed by atoms with van der Waals surface area (Å²) in [5.74, 6) is -0.0797. The van der Waals surface area contributed by atoms with Crippen molar-refractivity contribution in [3.63, 3.8) is 0 Å². The van der Waals surface area contributed by atoms with Crippen LogP contribution in [0, 0.1) is 0 Å². The van der Waals surface area contributed by atoms with Gasteiger partial charge in [-0.1, -0.05) is 154 Å². The van der Waals surface area contributed by atoms with E-state index >= 15 is 0 Å². The molecule has 6 aromatic rings. The van der Waals surface area contributed by atoms with Crippen molar-refractivity contribution in [3.8, 4) is 45.0 Å². The lowest BCUT2D eigenvalue weighted by atomic mass is 9.95. The van der Waals surface area contributed by atoms with Crippen molar-refractivity contribution in [2.45, 2.75) is 104 Å². The molecule has 0 bridgehead atoms. The van der Waals surface area contributed by atoms with Crippen LogP contribution in [0.2, 0.25) is 0 Å². The Morgan fingerprint density at radius 2 is 1.03 bits per heavy atom. The number of fused-ring (bicyclic) bond motifs is 10. The Kier molecular flexibility index (Phi) is 20.7. The molecule has 0 amide bonds. The van der Waals surface area contributed by atoms with E-state index in [0.29, 0.717) is 18.9 Å². The van der Waals surface area contributed by atoms with E-state index in [1.807, 2.05) is 16.8 Å². The first-order valence-corrected chi connectivity index (χ1v) is 25.6. The second-order valence-corrected chi connectivity index (χ2v) is 18.2. The monoisotopic (exact) mass is 944 g/mol. The molecule has 0 fully saturated rings. The number of nitrogens with zero attached hydrogens (tertiary/aromatic N) is 8. The van der Waals surface area contributed by atoms with Crippen molar-refractivity contribution in [1.82, 2.24) is 30.0 Å². The molecule has 0 N–H and O–H groups in total. The normalized spacial score (nSPS) is 12.4. The predicted octanol–water partition coefficient (Wildman–Crippen LogP) is 12.3. The molecule has 0 aliphatic carbocycles. The number of rotatable bonds is 22.